The number of anilines is 2. The highest BCUT2D eigenvalue weighted by molar-refractivity contribution is 5.93. The molecule has 2 aromatic carbocycles. The van der Waals surface area contributed by atoms with Crippen LogP contribution in [0.4, 0.5) is 11.5 Å². The molecule has 0 spiro atoms. The maximum Gasteiger partial charge on any atom is 0.155 e. The van der Waals surface area contributed by atoms with Crippen LogP contribution in [0, 0.1) is 0 Å². The van der Waals surface area contributed by atoms with Crippen LogP contribution >= 0.6 is 0 Å². The molecule has 0 unspecified atom stereocenters. The van der Waals surface area contributed by atoms with Gasteiger partial charge in [-0.2, -0.15) is 0 Å². The minimum absolute atomic E-state index is 0.0192. The number of methoxy groups -OCH3 is 2. The molecule has 2 aromatic heterocycles. The second-order valence-corrected chi connectivity index (χ2v) is 7.09. The molecule has 0 fully saturated rings. The molecule has 7 heteroatoms. The maximum atomic E-state index is 11.7. The van der Waals surface area contributed by atoms with E-state index >= 15 is 0 Å². The maximum absolute atomic E-state index is 11.7. The monoisotopic (exact) mass is 429 g/mol. The Morgan fingerprint density at radius 2 is 1.97 bits per heavy atom. The van der Waals surface area contributed by atoms with Gasteiger partial charge in [0.05, 0.1) is 31.7 Å². The second kappa shape index (κ2) is 9.34. The molecule has 4 aromatic rings. The number of ketones is 1. The number of furan rings is 1. The van der Waals surface area contributed by atoms with E-state index in [-0.39, 0.29) is 5.78 Å². The third-order valence-electron chi connectivity index (χ3n) is 5.16. The molecule has 0 radical (unpaired) electrons. The number of nitrogens with zero attached hydrogens (tertiary/aromatic N) is 2. The molecule has 0 saturated carbocycles. The predicted molar refractivity (Wildman–Crippen MR) is 124 cm³/mol. The summed E-state index contributed by atoms with van der Waals surface area (Å²) in [6.07, 6.45) is 5.34. The van der Waals surface area contributed by atoms with Crippen molar-refractivity contribution in [3.63, 3.8) is 0 Å². The number of aryl methyl sites for hydroxylation is 1. The van der Waals surface area contributed by atoms with E-state index in [4.69, 9.17) is 13.9 Å². The number of hydrogen-bond donors (Lipinski definition) is 1. The summed E-state index contributed by atoms with van der Waals surface area (Å²) in [6, 6.07) is 13.3. The fourth-order valence-corrected chi connectivity index (χ4v) is 3.50. The summed E-state index contributed by atoms with van der Waals surface area (Å²) in [5.74, 6) is 2.69. The molecule has 0 atom stereocenters. The number of carbonyl (C=O) groups is 1. The first-order chi connectivity index (χ1) is 15.6. The highest BCUT2D eigenvalue weighted by Crippen LogP contribution is 2.35. The fourth-order valence-electron chi connectivity index (χ4n) is 3.50. The first kappa shape index (κ1) is 21.1. The van der Waals surface area contributed by atoms with Crippen molar-refractivity contribution < 1.29 is 18.7 Å². The summed E-state index contributed by atoms with van der Waals surface area (Å²) in [6.45, 7) is 3.54. The van der Waals surface area contributed by atoms with Gasteiger partial charge in [0.1, 0.15) is 29.4 Å². The lowest BCUT2D eigenvalue weighted by Crippen LogP contribution is -2.02. The molecule has 1 N–H and O–H groups in total. The Hall–Kier alpha value is -4.13. The second-order valence-electron chi connectivity index (χ2n) is 7.09. The lowest BCUT2D eigenvalue weighted by Gasteiger charge is -2.15. The largest absolute Gasteiger partial charge is 0.496 e. The van der Waals surface area contributed by atoms with Crippen LogP contribution in [0.5, 0.6) is 11.5 Å². The SMILES string of the molecule is C=CC(=O)CCc1cc2c(Nc3cc(-c4ccco4)ccc3OC)ncnc2cc1OC. The number of rotatable bonds is 9. The van der Waals surface area contributed by atoms with Gasteiger partial charge >= 0.3 is 0 Å². The quantitative estimate of drug-likeness (QED) is 0.359. The topological polar surface area (TPSA) is 86.5 Å². The Morgan fingerprint density at radius 1 is 1.12 bits per heavy atom. The number of benzene rings is 2. The van der Waals surface area contributed by atoms with Gasteiger partial charge < -0.3 is 19.2 Å². The van der Waals surface area contributed by atoms with Crippen molar-refractivity contribution in [2.24, 2.45) is 0 Å². The Bertz CT molecular complexity index is 1270. The van der Waals surface area contributed by atoms with Crippen LogP contribution in [0.3, 0.4) is 0 Å². The predicted octanol–water partition coefficient (Wildman–Crippen LogP) is 5.34. The van der Waals surface area contributed by atoms with Crippen LogP contribution in [0.15, 0.2) is 72.1 Å². The van der Waals surface area contributed by atoms with Crippen molar-refractivity contribution in [3.8, 4) is 22.8 Å². The Morgan fingerprint density at radius 3 is 2.69 bits per heavy atom. The van der Waals surface area contributed by atoms with Crippen LogP contribution in [0.2, 0.25) is 0 Å². The molecule has 0 saturated heterocycles. The van der Waals surface area contributed by atoms with Gasteiger partial charge in [-0.15, -0.1) is 0 Å². The highest BCUT2D eigenvalue weighted by Gasteiger charge is 2.14. The van der Waals surface area contributed by atoms with Crippen LogP contribution < -0.4 is 14.8 Å². The molecule has 7 nitrogen and oxygen atoms in total. The summed E-state index contributed by atoms with van der Waals surface area (Å²) in [5, 5.41) is 4.17. The average molecular weight is 429 g/mol. The zero-order valence-electron chi connectivity index (χ0n) is 17.9. The molecular weight excluding hydrogens is 406 g/mol. The van der Waals surface area contributed by atoms with E-state index in [0.717, 1.165) is 33.5 Å². The van der Waals surface area contributed by atoms with E-state index < -0.39 is 0 Å². The van der Waals surface area contributed by atoms with E-state index in [1.165, 1.54) is 12.4 Å². The Kier molecular flexibility index (Phi) is 6.17. The number of nitrogens with one attached hydrogen (secondary N) is 1. The van der Waals surface area contributed by atoms with Crippen molar-refractivity contribution in [1.82, 2.24) is 9.97 Å². The number of allylic oxidation sites excluding steroid dienone is 1. The van der Waals surface area contributed by atoms with Gasteiger partial charge in [0, 0.05) is 23.4 Å². The van der Waals surface area contributed by atoms with Crippen molar-refractivity contribution in [2.45, 2.75) is 12.8 Å². The van der Waals surface area contributed by atoms with Gasteiger partial charge in [0.2, 0.25) is 0 Å². The zero-order valence-corrected chi connectivity index (χ0v) is 17.9. The highest BCUT2D eigenvalue weighted by atomic mass is 16.5. The van der Waals surface area contributed by atoms with E-state index in [1.54, 1.807) is 20.5 Å². The summed E-state index contributed by atoms with van der Waals surface area (Å²) in [4.78, 5) is 20.6. The summed E-state index contributed by atoms with van der Waals surface area (Å²) >= 11 is 0. The minimum atomic E-state index is -0.0192. The molecule has 2 heterocycles. The first-order valence-corrected chi connectivity index (χ1v) is 10.1. The van der Waals surface area contributed by atoms with Crippen LogP contribution in [-0.4, -0.2) is 30.0 Å². The molecule has 0 amide bonds. The van der Waals surface area contributed by atoms with E-state index in [9.17, 15) is 4.79 Å². The summed E-state index contributed by atoms with van der Waals surface area (Å²) < 4.78 is 16.6. The first-order valence-electron chi connectivity index (χ1n) is 10.1. The van der Waals surface area contributed by atoms with Crippen LogP contribution in [0.1, 0.15) is 12.0 Å². The lowest BCUT2D eigenvalue weighted by molar-refractivity contribution is -0.114. The smallest absolute Gasteiger partial charge is 0.155 e. The van der Waals surface area contributed by atoms with Gasteiger partial charge in [0.15, 0.2) is 5.78 Å². The van der Waals surface area contributed by atoms with Gasteiger partial charge in [-0.1, -0.05) is 6.58 Å². The molecule has 162 valence electrons. The van der Waals surface area contributed by atoms with Crippen LogP contribution in [0.25, 0.3) is 22.2 Å². The van der Waals surface area contributed by atoms with E-state index in [2.05, 4.69) is 21.9 Å². The van der Waals surface area contributed by atoms with Gasteiger partial charge in [-0.05, 0) is 54.5 Å². The zero-order chi connectivity index (χ0) is 22.5. The lowest BCUT2D eigenvalue weighted by atomic mass is 10.0. The van der Waals surface area contributed by atoms with E-state index in [0.29, 0.717) is 30.2 Å². The molecule has 0 aliphatic rings. The minimum Gasteiger partial charge on any atom is -0.496 e. The van der Waals surface area contributed by atoms with Crippen molar-refractivity contribution in [3.05, 3.63) is 73.3 Å². The van der Waals surface area contributed by atoms with Crippen molar-refractivity contribution >= 4 is 28.2 Å². The number of fused-ring (bicyclic) bond motifs is 1. The van der Waals surface area contributed by atoms with Gasteiger partial charge in [0.25, 0.3) is 0 Å². The van der Waals surface area contributed by atoms with Crippen molar-refractivity contribution in [2.75, 3.05) is 19.5 Å². The third-order valence-corrected chi connectivity index (χ3v) is 5.16. The van der Waals surface area contributed by atoms with Crippen molar-refractivity contribution in [1.29, 1.82) is 0 Å². The number of aromatic nitrogens is 2. The third kappa shape index (κ3) is 4.32. The summed E-state index contributed by atoms with van der Waals surface area (Å²) in [7, 11) is 3.22. The number of carbonyl (C=O) groups excluding carboxylic acids is 1. The standard InChI is InChI=1S/C25H23N3O4/c1-4-18(29)9-7-16-12-19-20(14-24(16)31-3)26-15-27-25(19)28-21-13-17(8-10-23(21)30-2)22-6-5-11-32-22/h4-6,8,10-15H,1,7,9H2,2-3H3,(H,26,27,28). The molecule has 4 rings (SSSR count). The summed E-state index contributed by atoms with van der Waals surface area (Å²) in [5.41, 5.74) is 3.26. The molecular formula is C25H23N3O4. The molecule has 0 aliphatic carbocycles. The molecule has 0 bridgehead atoms. The average Bonchev–Trinajstić information content (AvgIpc) is 3.37. The van der Waals surface area contributed by atoms with Crippen LogP contribution in [-0.2, 0) is 11.2 Å². The number of ether oxygens (including phenoxy) is 2. The molecule has 32 heavy (non-hydrogen) atoms. The van der Waals surface area contributed by atoms with Gasteiger partial charge in [-0.25, -0.2) is 9.97 Å². The van der Waals surface area contributed by atoms with E-state index in [1.807, 2.05) is 42.5 Å². The Balaban J connectivity index is 1.75. The Labute approximate surface area is 185 Å². The number of hydrogen-bond acceptors (Lipinski definition) is 7. The van der Waals surface area contributed by atoms with Gasteiger partial charge in [-0.3, -0.25) is 4.79 Å². The molecule has 0 aliphatic heterocycles. The normalized spacial score (nSPS) is 10.7. The fraction of sp³-hybridized carbons (Fsp3) is 0.160.